The van der Waals surface area contributed by atoms with E-state index in [-0.39, 0.29) is 11.4 Å². The van der Waals surface area contributed by atoms with E-state index in [0.29, 0.717) is 23.6 Å². The van der Waals surface area contributed by atoms with Gasteiger partial charge in [-0.2, -0.15) is 13.2 Å². The zero-order valence-corrected chi connectivity index (χ0v) is 18.1. The molecule has 0 atom stereocenters. The van der Waals surface area contributed by atoms with Gasteiger partial charge >= 0.3 is 6.18 Å². The van der Waals surface area contributed by atoms with E-state index in [1.54, 1.807) is 12.2 Å². The molecule has 0 spiro atoms. The van der Waals surface area contributed by atoms with E-state index in [1.807, 2.05) is 42.5 Å². The van der Waals surface area contributed by atoms with Gasteiger partial charge in [-0.1, -0.05) is 59.8 Å². The summed E-state index contributed by atoms with van der Waals surface area (Å²) in [7, 11) is 0. The average Bonchev–Trinajstić information content (AvgIpc) is 3.21. The number of nitrogens with zero attached hydrogens (tertiary/aromatic N) is 1. The molecular formula is C25H19F3N2O2S. The highest BCUT2D eigenvalue weighted by Gasteiger charge is 2.29. The van der Waals surface area contributed by atoms with Crippen molar-refractivity contribution >= 4 is 18.3 Å². The van der Waals surface area contributed by atoms with Crippen molar-refractivity contribution in [2.75, 3.05) is 6.61 Å². The van der Waals surface area contributed by atoms with Crippen LogP contribution < -0.4 is 4.74 Å². The largest absolute Gasteiger partial charge is 0.490 e. The maximum Gasteiger partial charge on any atom is 0.416 e. The Morgan fingerprint density at radius 1 is 0.970 bits per heavy atom. The minimum absolute atomic E-state index is 0.248. The van der Waals surface area contributed by atoms with Gasteiger partial charge in [-0.15, -0.1) is 0 Å². The molecule has 33 heavy (non-hydrogen) atoms. The number of benzene rings is 3. The van der Waals surface area contributed by atoms with Gasteiger partial charge in [0.25, 0.3) is 4.84 Å². The summed E-state index contributed by atoms with van der Waals surface area (Å²) in [6.07, 6.45) is -0.279. The molecule has 1 heterocycles. The monoisotopic (exact) mass is 468 g/mol. The third-order valence-electron chi connectivity index (χ3n) is 4.85. The van der Waals surface area contributed by atoms with Gasteiger partial charge in [0.15, 0.2) is 5.82 Å². The molecule has 0 aliphatic rings. The summed E-state index contributed by atoms with van der Waals surface area (Å²) in [5.74, 6) is 1.35. The summed E-state index contributed by atoms with van der Waals surface area (Å²) >= 11 is 4.91. The molecule has 0 saturated carbocycles. The molecule has 4 rings (SSSR count). The van der Waals surface area contributed by atoms with Crippen molar-refractivity contribution in [2.45, 2.75) is 12.6 Å². The number of aromatic amines is 1. The number of hydrogen-bond acceptors (Lipinski definition) is 4. The van der Waals surface area contributed by atoms with Gasteiger partial charge in [-0.25, -0.2) is 0 Å². The van der Waals surface area contributed by atoms with Crippen molar-refractivity contribution in [3.8, 4) is 16.9 Å². The van der Waals surface area contributed by atoms with Crippen molar-refractivity contribution in [3.05, 3.63) is 106 Å². The molecule has 0 radical (unpaired) electrons. The Morgan fingerprint density at radius 3 is 2.39 bits per heavy atom. The first kappa shape index (κ1) is 22.5. The molecule has 168 valence electrons. The van der Waals surface area contributed by atoms with E-state index in [2.05, 4.69) is 16.2 Å². The second kappa shape index (κ2) is 9.87. The third kappa shape index (κ3) is 6.20. The van der Waals surface area contributed by atoms with E-state index in [0.717, 1.165) is 28.8 Å². The van der Waals surface area contributed by atoms with Gasteiger partial charge in [-0.3, -0.25) is 4.98 Å². The summed E-state index contributed by atoms with van der Waals surface area (Å²) in [4.78, 5) is 3.15. The molecule has 8 heteroatoms. The molecule has 4 nitrogen and oxygen atoms in total. The maximum absolute atomic E-state index is 12.6. The topological polar surface area (TPSA) is 51.1 Å². The van der Waals surface area contributed by atoms with Crippen LogP contribution in [0.15, 0.2) is 83.4 Å². The average molecular weight is 469 g/mol. The predicted octanol–water partition coefficient (Wildman–Crippen LogP) is 7.10. The van der Waals surface area contributed by atoms with Crippen molar-refractivity contribution in [1.82, 2.24) is 10.1 Å². The van der Waals surface area contributed by atoms with Crippen LogP contribution in [0.3, 0.4) is 0 Å². The van der Waals surface area contributed by atoms with Gasteiger partial charge in [0.1, 0.15) is 12.4 Å². The number of halogens is 3. The molecule has 4 aromatic rings. The summed E-state index contributed by atoms with van der Waals surface area (Å²) < 4.78 is 48.6. The quantitative estimate of drug-likeness (QED) is 0.294. The second-order valence-corrected chi connectivity index (χ2v) is 7.65. The molecule has 0 aliphatic carbocycles. The molecule has 0 aliphatic heterocycles. The van der Waals surface area contributed by atoms with Crippen LogP contribution in [-0.2, 0) is 12.6 Å². The molecule has 0 saturated heterocycles. The number of alkyl halides is 3. The lowest BCUT2D eigenvalue weighted by atomic mass is 10.0. The second-order valence-electron chi connectivity index (χ2n) is 7.28. The Balaban J connectivity index is 1.38. The third-order valence-corrected chi connectivity index (χ3v) is 5.02. The van der Waals surface area contributed by atoms with E-state index >= 15 is 0 Å². The van der Waals surface area contributed by atoms with E-state index < -0.39 is 11.7 Å². The predicted molar refractivity (Wildman–Crippen MR) is 122 cm³/mol. The first-order valence-corrected chi connectivity index (χ1v) is 10.5. The van der Waals surface area contributed by atoms with Crippen LogP contribution in [0.5, 0.6) is 5.75 Å². The van der Waals surface area contributed by atoms with Gasteiger partial charge in [0, 0.05) is 6.42 Å². The lowest BCUT2D eigenvalue weighted by Gasteiger charge is -2.08. The van der Waals surface area contributed by atoms with Crippen LogP contribution >= 0.6 is 12.2 Å². The number of aromatic nitrogens is 2. The number of ether oxygens (including phenoxy) is 1. The fourth-order valence-electron chi connectivity index (χ4n) is 3.27. The molecule has 0 bridgehead atoms. The van der Waals surface area contributed by atoms with Crippen LogP contribution in [0.25, 0.3) is 17.2 Å². The maximum atomic E-state index is 12.6. The molecule has 3 aromatic carbocycles. The van der Waals surface area contributed by atoms with Crippen molar-refractivity contribution in [2.24, 2.45) is 0 Å². The van der Waals surface area contributed by atoms with E-state index in [9.17, 15) is 13.2 Å². The number of H-pyrrole nitrogens is 1. The van der Waals surface area contributed by atoms with Gasteiger partial charge in [0.05, 0.1) is 5.56 Å². The zero-order valence-electron chi connectivity index (χ0n) is 17.3. The van der Waals surface area contributed by atoms with Crippen LogP contribution in [-0.4, -0.2) is 16.7 Å². The Labute approximate surface area is 193 Å². The molecule has 1 aromatic heterocycles. The molecule has 0 amide bonds. The fraction of sp³-hybridized carbons (Fsp3) is 0.120. The minimum Gasteiger partial charge on any atom is -0.490 e. The Bertz CT molecular complexity index is 1310. The summed E-state index contributed by atoms with van der Waals surface area (Å²) in [6, 6.07) is 20.7. The van der Waals surface area contributed by atoms with Gasteiger partial charge in [-0.05, 0) is 64.8 Å². The van der Waals surface area contributed by atoms with Crippen LogP contribution in [0, 0.1) is 4.84 Å². The van der Waals surface area contributed by atoms with E-state index in [4.69, 9.17) is 21.5 Å². The van der Waals surface area contributed by atoms with Crippen LogP contribution in [0.1, 0.15) is 22.5 Å². The number of nitrogens with one attached hydrogen (secondary N) is 1. The molecular weight excluding hydrogens is 449 g/mol. The van der Waals surface area contributed by atoms with E-state index in [1.165, 1.54) is 12.1 Å². The summed E-state index contributed by atoms with van der Waals surface area (Å²) in [6.45, 7) is 0.288. The lowest BCUT2D eigenvalue weighted by molar-refractivity contribution is -0.137. The minimum atomic E-state index is -4.33. The fourth-order valence-corrected chi connectivity index (χ4v) is 3.42. The number of rotatable bonds is 7. The Kier molecular flexibility index (Phi) is 6.74. The molecule has 1 N–H and O–H groups in total. The van der Waals surface area contributed by atoms with Gasteiger partial charge in [0.2, 0.25) is 0 Å². The Morgan fingerprint density at radius 2 is 1.70 bits per heavy atom. The standard InChI is InChI=1S/C25H19F3N2O2S/c26-25(27,28)21-11-9-17(10-12-21)5-3-13-31-22-8-2-7-20(16-22)19-6-1-4-18(14-19)15-23-29-24(33)32-30-23/h1-12,14,16H,13,15H2,(H,29,30,33). The van der Waals surface area contributed by atoms with Crippen molar-refractivity contribution in [3.63, 3.8) is 0 Å². The van der Waals surface area contributed by atoms with Crippen LogP contribution in [0.4, 0.5) is 13.2 Å². The first-order valence-electron chi connectivity index (χ1n) is 10.1. The number of hydrogen-bond donors (Lipinski definition) is 1. The smallest absolute Gasteiger partial charge is 0.416 e. The molecule has 0 fully saturated rings. The van der Waals surface area contributed by atoms with Crippen LogP contribution in [0.2, 0.25) is 0 Å². The van der Waals surface area contributed by atoms with Gasteiger partial charge < -0.3 is 9.26 Å². The summed E-state index contributed by atoms with van der Waals surface area (Å²) in [5, 5.41) is 3.90. The van der Waals surface area contributed by atoms with Crippen molar-refractivity contribution < 1.29 is 22.4 Å². The zero-order chi connectivity index (χ0) is 23.3. The highest BCUT2D eigenvalue weighted by molar-refractivity contribution is 7.71. The summed E-state index contributed by atoms with van der Waals surface area (Å²) in [5.41, 5.74) is 3.08. The normalized spacial score (nSPS) is 11.7. The highest BCUT2D eigenvalue weighted by atomic mass is 32.1. The Hall–Kier alpha value is -3.65. The lowest BCUT2D eigenvalue weighted by Crippen LogP contribution is -2.03. The van der Waals surface area contributed by atoms with Crippen molar-refractivity contribution in [1.29, 1.82) is 0 Å². The molecule has 0 unspecified atom stereocenters. The highest BCUT2D eigenvalue weighted by Crippen LogP contribution is 2.29. The SMILES string of the molecule is FC(F)(F)c1ccc(C=CCOc2cccc(-c3cccc(Cc4noc(=S)[nH]4)c3)c2)cc1. The first-order chi connectivity index (χ1) is 15.9.